The normalized spacial score (nSPS) is 13.2. The molecule has 0 fully saturated rings. The Kier molecular flexibility index (Phi) is 5.06. The number of aromatic nitrogens is 2. The predicted octanol–water partition coefficient (Wildman–Crippen LogP) is 10.6. The second kappa shape index (κ2) is 8.96. The van der Waals surface area contributed by atoms with Gasteiger partial charge in [-0.1, -0.05) is 92.7 Å². The maximum atomic E-state index is 10.6. The Morgan fingerprint density at radius 3 is 1.82 bits per heavy atom. The SMILES string of the molecule is [C-]#[N+]c1cc(-n2c3ccccc3c3cc4c(cc32)C(C)(C)c2ccccc2-4)cc(C#N)c1-n1c2ccccc2c2ccccc21. The molecule has 210 valence electrons. The van der Waals surface area contributed by atoms with Crippen molar-refractivity contribution in [1.82, 2.24) is 9.13 Å². The molecule has 0 atom stereocenters. The van der Waals surface area contributed by atoms with Crippen LogP contribution in [-0.4, -0.2) is 9.13 Å². The van der Waals surface area contributed by atoms with E-state index in [-0.39, 0.29) is 5.41 Å². The number of nitrogens with zero attached hydrogens (tertiary/aromatic N) is 4. The van der Waals surface area contributed by atoms with E-state index >= 15 is 0 Å². The fraction of sp³-hybridized carbons (Fsp3) is 0.0732. The lowest BCUT2D eigenvalue weighted by atomic mass is 9.82. The molecule has 6 aromatic carbocycles. The first-order valence-corrected chi connectivity index (χ1v) is 15.1. The topological polar surface area (TPSA) is 38.0 Å². The highest BCUT2D eigenvalue weighted by Gasteiger charge is 2.36. The van der Waals surface area contributed by atoms with Crippen LogP contribution in [0.25, 0.3) is 71.0 Å². The van der Waals surface area contributed by atoms with Crippen molar-refractivity contribution in [1.29, 1.82) is 5.26 Å². The van der Waals surface area contributed by atoms with Gasteiger partial charge in [0.25, 0.3) is 0 Å². The molecule has 4 nitrogen and oxygen atoms in total. The zero-order valence-corrected chi connectivity index (χ0v) is 24.8. The Morgan fingerprint density at radius 1 is 0.600 bits per heavy atom. The summed E-state index contributed by atoms with van der Waals surface area (Å²) in [6.07, 6.45) is 0. The summed E-state index contributed by atoms with van der Waals surface area (Å²) < 4.78 is 4.31. The van der Waals surface area contributed by atoms with Gasteiger partial charge in [-0.3, -0.25) is 0 Å². The Morgan fingerprint density at radius 2 is 1.18 bits per heavy atom. The minimum Gasteiger partial charge on any atom is -0.318 e. The molecule has 2 aromatic heterocycles. The number of rotatable bonds is 2. The molecular weight excluding hydrogens is 548 g/mol. The Bertz CT molecular complexity index is 2560. The zero-order chi connectivity index (χ0) is 30.4. The number of hydrogen-bond acceptors (Lipinski definition) is 1. The molecule has 45 heavy (non-hydrogen) atoms. The lowest BCUT2D eigenvalue weighted by molar-refractivity contribution is 0.661. The number of para-hydroxylation sites is 3. The van der Waals surface area contributed by atoms with E-state index in [1.165, 1.54) is 22.3 Å². The van der Waals surface area contributed by atoms with Crippen LogP contribution in [0.3, 0.4) is 0 Å². The van der Waals surface area contributed by atoms with Crippen LogP contribution in [0.2, 0.25) is 0 Å². The smallest absolute Gasteiger partial charge is 0.214 e. The molecule has 0 unspecified atom stereocenters. The third kappa shape index (κ3) is 3.29. The molecule has 2 heterocycles. The fourth-order valence-corrected chi connectivity index (χ4v) is 7.74. The van der Waals surface area contributed by atoms with Crippen molar-refractivity contribution >= 4 is 49.3 Å². The van der Waals surface area contributed by atoms with Crippen LogP contribution in [0, 0.1) is 17.9 Å². The average molecular weight is 575 g/mol. The number of hydrogen-bond donors (Lipinski definition) is 0. The molecule has 0 aliphatic heterocycles. The number of fused-ring (bicyclic) bond motifs is 9. The molecule has 1 aliphatic carbocycles. The minimum atomic E-state index is -0.152. The van der Waals surface area contributed by atoms with Crippen LogP contribution in [0.15, 0.2) is 121 Å². The van der Waals surface area contributed by atoms with Crippen molar-refractivity contribution in [3.63, 3.8) is 0 Å². The molecule has 0 amide bonds. The highest BCUT2D eigenvalue weighted by molar-refractivity contribution is 6.12. The lowest BCUT2D eigenvalue weighted by Crippen LogP contribution is -2.15. The quantitative estimate of drug-likeness (QED) is 0.189. The van der Waals surface area contributed by atoms with Crippen LogP contribution < -0.4 is 0 Å². The molecule has 0 saturated heterocycles. The highest BCUT2D eigenvalue weighted by Crippen LogP contribution is 2.51. The fourth-order valence-electron chi connectivity index (χ4n) is 7.74. The van der Waals surface area contributed by atoms with Crippen LogP contribution in [0.4, 0.5) is 5.69 Å². The second-order valence-electron chi connectivity index (χ2n) is 12.4. The van der Waals surface area contributed by atoms with Crippen molar-refractivity contribution in [2.75, 3.05) is 0 Å². The molecule has 1 aliphatic rings. The summed E-state index contributed by atoms with van der Waals surface area (Å²) in [6.45, 7) is 12.9. The summed E-state index contributed by atoms with van der Waals surface area (Å²) in [6, 6.07) is 44.6. The van der Waals surface area contributed by atoms with E-state index in [9.17, 15) is 5.26 Å². The third-order valence-corrected chi connectivity index (χ3v) is 9.75. The largest absolute Gasteiger partial charge is 0.318 e. The number of nitriles is 1. The van der Waals surface area contributed by atoms with Crippen LogP contribution in [-0.2, 0) is 5.41 Å². The first-order chi connectivity index (χ1) is 22.0. The van der Waals surface area contributed by atoms with E-state index in [1.807, 2.05) is 36.4 Å². The first kappa shape index (κ1) is 25.4. The van der Waals surface area contributed by atoms with Crippen molar-refractivity contribution in [2.24, 2.45) is 0 Å². The van der Waals surface area contributed by atoms with Gasteiger partial charge < -0.3 is 9.13 Å². The van der Waals surface area contributed by atoms with E-state index in [1.54, 1.807) is 0 Å². The summed E-state index contributed by atoms with van der Waals surface area (Å²) in [5.74, 6) is 0. The van der Waals surface area contributed by atoms with Gasteiger partial charge in [-0.05, 0) is 64.7 Å². The van der Waals surface area contributed by atoms with Crippen molar-refractivity contribution in [3.05, 3.63) is 149 Å². The van der Waals surface area contributed by atoms with E-state index in [0.717, 1.165) is 49.3 Å². The average Bonchev–Trinajstić information content (AvgIpc) is 3.67. The molecular formula is C41H26N4. The minimum absolute atomic E-state index is 0.152. The van der Waals surface area contributed by atoms with Gasteiger partial charge in [-0.25, -0.2) is 4.85 Å². The molecule has 8 aromatic rings. The van der Waals surface area contributed by atoms with Gasteiger partial charge in [0, 0.05) is 32.6 Å². The molecule has 0 saturated carbocycles. The van der Waals surface area contributed by atoms with Gasteiger partial charge in [0.1, 0.15) is 6.07 Å². The molecule has 9 rings (SSSR count). The van der Waals surface area contributed by atoms with Gasteiger partial charge in [-0.15, -0.1) is 0 Å². The Balaban J connectivity index is 1.37. The number of benzene rings is 6. The predicted molar refractivity (Wildman–Crippen MR) is 184 cm³/mol. The third-order valence-electron chi connectivity index (χ3n) is 9.75. The molecule has 0 spiro atoms. The lowest BCUT2D eigenvalue weighted by Gasteiger charge is -2.22. The standard InChI is InChI=1S/C41H26N4/c1-41(2)33-16-8-4-12-27(33)31-22-32-30-15-7-9-17-36(30)44(39(32)23-34(31)41)26-20-25(24-42)40(35(21-26)43-3)45-37-18-10-5-13-28(37)29-14-6-11-19-38(29)45/h4-23H,1-2H3. The van der Waals surface area contributed by atoms with Crippen LogP contribution in [0.1, 0.15) is 30.5 Å². The zero-order valence-electron chi connectivity index (χ0n) is 24.8. The maximum Gasteiger partial charge on any atom is 0.214 e. The monoisotopic (exact) mass is 574 g/mol. The van der Waals surface area contributed by atoms with Gasteiger partial charge in [0.15, 0.2) is 0 Å². The van der Waals surface area contributed by atoms with Gasteiger partial charge >= 0.3 is 0 Å². The molecule has 0 radical (unpaired) electrons. The van der Waals surface area contributed by atoms with Crippen molar-refractivity contribution < 1.29 is 0 Å². The highest BCUT2D eigenvalue weighted by atomic mass is 15.0. The van der Waals surface area contributed by atoms with E-state index in [4.69, 9.17) is 6.57 Å². The Labute approximate surface area is 260 Å². The maximum absolute atomic E-state index is 10.6. The molecule has 0 N–H and O–H groups in total. The van der Waals surface area contributed by atoms with Gasteiger partial charge in [-0.2, -0.15) is 5.26 Å². The second-order valence-corrected chi connectivity index (χ2v) is 12.4. The van der Waals surface area contributed by atoms with Crippen LogP contribution in [0.5, 0.6) is 0 Å². The first-order valence-electron chi connectivity index (χ1n) is 15.1. The van der Waals surface area contributed by atoms with E-state index < -0.39 is 0 Å². The van der Waals surface area contributed by atoms with Crippen LogP contribution >= 0.6 is 0 Å². The van der Waals surface area contributed by atoms with Gasteiger partial charge in [0.2, 0.25) is 5.69 Å². The summed E-state index contributed by atoms with van der Waals surface area (Å²) in [4.78, 5) is 4.05. The summed E-state index contributed by atoms with van der Waals surface area (Å²) in [7, 11) is 0. The van der Waals surface area contributed by atoms with Crippen molar-refractivity contribution in [2.45, 2.75) is 19.3 Å². The molecule has 0 bridgehead atoms. The van der Waals surface area contributed by atoms with Crippen molar-refractivity contribution in [3.8, 4) is 28.6 Å². The van der Waals surface area contributed by atoms with Gasteiger partial charge in [0.05, 0.1) is 39.9 Å². The Hall–Kier alpha value is -6.10. The summed E-state index contributed by atoms with van der Waals surface area (Å²) in [5.41, 5.74) is 11.4. The summed E-state index contributed by atoms with van der Waals surface area (Å²) >= 11 is 0. The van der Waals surface area contributed by atoms with E-state index in [0.29, 0.717) is 16.9 Å². The molecule has 4 heteroatoms. The van der Waals surface area contributed by atoms with E-state index in [2.05, 4.69) is 119 Å². The summed E-state index contributed by atoms with van der Waals surface area (Å²) in [5, 5.41) is 15.1.